The summed E-state index contributed by atoms with van der Waals surface area (Å²) in [5.41, 5.74) is 0. The normalized spacial score (nSPS) is 10.6. The van der Waals surface area contributed by atoms with Gasteiger partial charge < -0.3 is 0 Å². The molecule has 0 aromatic carbocycles. The SMILES string of the molecule is CCCCCCCCSC(=S)SCCCC. The molecule has 0 aliphatic rings. The van der Waals surface area contributed by atoms with E-state index in [1.165, 1.54) is 62.9 Å². The third kappa shape index (κ3) is 12.9. The minimum atomic E-state index is 1.15. The molecule has 16 heavy (non-hydrogen) atoms. The lowest BCUT2D eigenvalue weighted by Gasteiger charge is -2.03. The van der Waals surface area contributed by atoms with Gasteiger partial charge in [0.1, 0.15) is 3.53 Å². The van der Waals surface area contributed by atoms with Gasteiger partial charge in [0.05, 0.1) is 0 Å². The third-order valence-electron chi connectivity index (χ3n) is 2.44. The quantitative estimate of drug-likeness (QED) is 0.361. The fourth-order valence-corrected chi connectivity index (χ4v) is 3.83. The number of thioether (sulfide) groups is 2. The van der Waals surface area contributed by atoms with Crippen LogP contribution in [0.25, 0.3) is 0 Å². The van der Waals surface area contributed by atoms with Gasteiger partial charge >= 0.3 is 0 Å². The molecule has 0 atom stereocenters. The van der Waals surface area contributed by atoms with Crippen LogP contribution in [0.2, 0.25) is 0 Å². The molecule has 0 bridgehead atoms. The molecule has 0 aliphatic carbocycles. The molecule has 0 aliphatic heterocycles. The van der Waals surface area contributed by atoms with Crippen molar-refractivity contribution in [2.75, 3.05) is 11.5 Å². The zero-order chi connectivity index (χ0) is 12.1. The van der Waals surface area contributed by atoms with Crippen LogP contribution in [0.1, 0.15) is 65.2 Å². The van der Waals surface area contributed by atoms with Crippen LogP contribution in [0.15, 0.2) is 0 Å². The van der Waals surface area contributed by atoms with Gasteiger partial charge in [-0.1, -0.05) is 64.6 Å². The highest BCUT2D eigenvalue weighted by molar-refractivity contribution is 8.47. The van der Waals surface area contributed by atoms with E-state index in [0.717, 1.165) is 3.53 Å². The average Bonchev–Trinajstić information content (AvgIpc) is 2.28. The van der Waals surface area contributed by atoms with Crippen molar-refractivity contribution in [2.45, 2.75) is 65.2 Å². The second kappa shape index (κ2) is 13.9. The van der Waals surface area contributed by atoms with Crippen LogP contribution in [-0.2, 0) is 0 Å². The smallest absolute Gasteiger partial charge is 0.104 e. The van der Waals surface area contributed by atoms with Gasteiger partial charge in [-0.25, -0.2) is 0 Å². The van der Waals surface area contributed by atoms with Crippen molar-refractivity contribution in [1.82, 2.24) is 0 Å². The maximum Gasteiger partial charge on any atom is 0.104 e. The second-order valence-electron chi connectivity index (χ2n) is 4.07. The van der Waals surface area contributed by atoms with Crippen molar-refractivity contribution in [1.29, 1.82) is 0 Å². The Balaban J connectivity index is 3.09. The lowest BCUT2D eigenvalue weighted by molar-refractivity contribution is 0.627. The van der Waals surface area contributed by atoms with E-state index >= 15 is 0 Å². The van der Waals surface area contributed by atoms with Gasteiger partial charge in [-0.2, -0.15) is 0 Å². The molecule has 0 nitrogen and oxygen atoms in total. The van der Waals surface area contributed by atoms with Crippen LogP contribution in [0.3, 0.4) is 0 Å². The Kier molecular flexibility index (Phi) is 14.5. The van der Waals surface area contributed by atoms with E-state index in [4.69, 9.17) is 12.2 Å². The van der Waals surface area contributed by atoms with Crippen molar-refractivity contribution in [2.24, 2.45) is 0 Å². The fraction of sp³-hybridized carbons (Fsp3) is 0.923. The zero-order valence-electron chi connectivity index (χ0n) is 10.8. The summed E-state index contributed by atoms with van der Waals surface area (Å²) in [5, 5.41) is 0. The summed E-state index contributed by atoms with van der Waals surface area (Å²) < 4.78 is 1.15. The van der Waals surface area contributed by atoms with E-state index in [0.29, 0.717) is 0 Å². The molecule has 0 aromatic rings. The molecular formula is C13H26S3. The molecule has 0 rings (SSSR count). The Morgan fingerprint density at radius 1 is 0.750 bits per heavy atom. The molecule has 0 spiro atoms. The number of thiocarbonyl (C=S) groups is 1. The lowest BCUT2D eigenvalue weighted by atomic mass is 10.1. The average molecular weight is 279 g/mol. The van der Waals surface area contributed by atoms with Crippen LogP contribution in [-0.4, -0.2) is 15.0 Å². The summed E-state index contributed by atoms with van der Waals surface area (Å²) in [6.07, 6.45) is 10.9. The minimum absolute atomic E-state index is 1.15. The van der Waals surface area contributed by atoms with E-state index < -0.39 is 0 Å². The summed E-state index contributed by atoms with van der Waals surface area (Å²) >= 11 is 9.07. The van der Waals surface area contributed by atoms with Crippen molar-refractivity contribution < 1.29 is 0 Å². The highest BCUT2D eigenvalue weighted by atomic mass is 32.2. The van der Waals surface area contributed by atoms with E-state index in [1.807, 2.05) is 23.5 Å². The summed E-state index contributed by atoms with van der Waals surface area (Å²) in [4.78, 5) is 0. The van der Waals surface area contributed by atoms with Crippen LogP contribution in [0.4, 0.5) is 0 Å². The van der Waals surface area contributed by atoms with Crippen molar-refractivity contribution >= 4 is 39.3 Å². The van der Waals surface area contributed by atoms with Crippen LogP contribution in [0, 0.1) is 0 Å². The van der Waals surface area contributed by atoms with Crippen LogP contribution < -0.4 is 0 Å². The summed E-state index contributed by atoms with van der Waals surface area (Å²) in [7, 11) is 0. The molecule has 0 aromatic heterocycles. The zero-order valence-corrected chi connectivity index (χ0v) is 13.2. The third-order valence-corrected chi connectivity index (χ3v) is 5.31. The predicted octanol–water partition coefficient (Wildman–Crippen LogP) is 5.90. The summed E-state index contributed by atoms with van der Waals surface area (Å²) in [6, 6.07) is 0. The Morgan fingerprint density at radius 2 is 1.25 bits per heavy atom. The molecule has 0 unspecified atom stereocenters. The maximum atomic E-state index is 5.31. The molecule has 0 radical (unpaired) electrons. The monoisotopic (exact) mass is 278 g/mol. The molecule has 0 saturated heterocycles. The van der Waals surface area contributed by atoms with E-state index in [1.54, 1.807) is 0 Å². The highest BCUT2D eigenvalue weighted by Gasteiger charge is 1.98. The first-order valence-electron chi connectivity index (χ1n) is 6.60. The first kappa shape index (κ1) is 16.8. The van der Waals surface area contributed by atoms with Crippen molar-refractivity contribution in [3.05, 3.63) is 0 Å². The number of rotatable bonds is 10. The number of unbranched alkanes of at least 4 members (excludes halogenated alkanes) is 6. The molecule has 0 saturated carbocycles. The second-order valence-corrected chi connectivity index (χ2v) is 7.46. The number of hydrogen-bond donors (Lipinski definition) is 0. The van der Waals surface area contributed by atoms with E-state index in [9.17, 15) is 0 Å². The molecule has 0 fully saturated rings. The van der Waals surface area contributed by atoms with Gasteiger partial charge in [-0.15, -0.1) is 23.5 Å². The van der Waals surface area contributed by atoms with Gasteiger partial charge in [0.15, 0.2) is 0 Å². The first-order valence-corrected chi connectivity index (χ1v) is 8.98. The Labute approximate surface area is 116 Å². The first-order chi connectivity index (χ1) is 7.81. The summed E-state index contributed by atoms with van der Waals surface area (Å²) in [5.74, 6) is 2.43. The molecule has 3 heteroatoms. The summed E-state index contributed by atoms with van der Waals surface area (Å²) in [6.45, 7) is 4.49. The van der Waals surface area contributed by atoms with E-state index in [2.05, 4.69) is 13.8 Å². The van der Waals surface area contributed by atoms with Crippen LogP contribution in [0.5, 0.6) is 0 Å². The van der Waals surface area contributed by atoms with Crippen molar-refractivity contribution in [3.63, 3.8) is 0 Å². The predicted molar refractivity (Wildman–Crippen MR) is 85.8 cm³/mol. The lowest BCUT2D eigenvalue weighted by Crippen LogP contribution is -1.88. The Hall–Kier alpha value is 0.790. The maximum absolute atomic E-state index is 5.31. The molecule has 0 N–H and O–H groups in total. The van der Waals surface area contributed by atoms with Crippen LogP contribution >= 0.6 is 35.7 Å². The Bertz CT molecular complexity index is 157. The molecule has 0 heterocycles. The van der Waals surface area contributed by atoms with Gasteiger partial charge in [-0.05, 0) is 24.3 Å². The van der Waals surface area contributed by atoms with Gasteiger partial charge in [0.25, 0.3) is 0 Å². The largest absolute Gasteiger partial charge is 0.108 e. The molecule has 0 amide bonds. The molecule has 96 valence electrons. The number of hydrogen-bond acceptors (Lipinski definition) is 3. The van der Waals surface area contributed by atoms with Gasteiger partial charge in [0, 0.05) is 0 Å². The Morgan fingerprint density at radius 3 is 1.88 bits per heavy atom. The van der Waals surface area contributed by atoms with Gasteiger partial charge in [0.2, 0.25) is 0 Å². The van der Waals surface area contributed by atoms with Crippen molar-refractivity contribution in [3.8, 4) is 0 Å². The minimum Gasteiger partial charge on any atom is -0.108 e. The highest BCUT2D eigenvalue weighted by Crippen LogP contribution is 2.20. The topological polar surface area (TPSA) is 0 Å². The standard InChI is InChI=1S/C13H26S3/c1-3-5-7-8-9-10-12-16-13(14)15-11-6-4-2/h3-12H2,1-2H3. The molecular weight excluding hydrogens is 252 g/mol. The fourth-order valence-electron chi connectivity index (χ4n) is 1.38. The van der Waals surface area contributed by atoms with E-state index in [-0.39, 0.29) is 0 Å². The van der Waals surface area contributed by atoms with Gasteiger partial charge in [-0.3, -0.25) is 0 Å².